The van der Waals surface area contributed by atoms with E-state index >= 15 is 0 Å². The highest BCUT2D eigenvalue weighted by atomic mass is 32.2. The summed E-state index contributed by atoms with van der Waals surface area (Å²) >= 11 is 2.17. The van der Waals surface area contributed by atoms with Gasteiger partial charge in [-0.3, -0.25) is 19.3 Å². The molecule has 3 aliphatic rings. The standard InChI is InChI=1S/C10H12N4O5S2/c11-3-1-5(15)13-10-14(4(2-20-10)9(18)19)8(17)7(21-10)12-6(3)16/h3-4,7H,1-2,11H2,(H,12,16)(H,13,15)(H,18,19). The van der Waals surface area contributed by atoms with Gasteiger partial charge < -0.3 is 21.5 Å². The Balaban J connectivity index is 1.99. The quantitative estimate of drug-likeness (QED) is 0.418. The fourth-order valence-corrected chi connectivity index (χ4v) is 5.62. The van der Waals surface area contributed by atoms with E-state index in [9.17, 15) is 24.3 Å². The van der Waals surface area contributed by atoms with Gasteiger partial charge in [-0.25, -0.2) is 4.79 Å². The van der Waals surface area contributed by atoms with Crippen molar-refractivity contribution >= 4 is 47.2 Å². The molecule has 4 atom stereocenters. The topological polar surface area (TPSA) is 142 Å². The minimum absolute atomic E-state index is 0.168. The van der Waals surface area contributed by atoms with Crippen LogP contribution in [0, 0.1) is 0 Å². The monoisotopic (exact) mass is 332 g/mol. The first-order chi connectivity index (χ1) is 9.84. The van der Waals surface area contributed by atoms with E-state index in [2.05, 4.69) is 10.6 Å². The molecule has 3 aliphatic heterocycles. The number of carboxylic acids is 1. The second-order valence-electron chi connectivity index (χ2n) is 4.82. The van der Waals surface area contributed by atoms with E-state index in [1.54, 1.807) is 0 Å². The number of carboxylic acid groups (broad SMARTS) is 1. The molecule has 0 aromatic carbocycles. The van der Waals surface area contributed by atoms with Crippen molar-refractivity contribution < 1.29 is 24.3 Å². The third-order valence-corrected chi connectivity index (χ3v) is 6.39. The Labute approximate surface area is 127 Å². The summed E-state index contributed by atoms with van der Waals surface area (Å²) in [5, 5.41) is 13.4. The number of hydrogen-bond donors (Lipinski definition) is 4. The largest absolute Gasteiger partial charge is 0.480 e. The smallest absolute Gasteiger partial charge is 0.327 e. The molecule has 21 heavy (non-hydrogen) atoms. The summed E-state index contributed by atoms with van der Waals surface area (Å²) in [4.78, 5) is 48.6. The van der Waals surface area contributed by atoms with Crippen molar-refractivity contribution in [3.8, 4) is 0 Å². The summed E-state index contributed by atoms with van der Waals surface area (Å²) in [5.74, 6) is -2.62. The fourth-order valence-electron chi connectivity index (χ4n) is 2.42. The van der Waals surface area contributed by atoms with Crippen molar-refractivity contribution in [1.29, 1.82) is 0 Å². The third kappa shape index (κ3) is 2.15. The molecular formula is C10H12N4O5S2. The van der Waals surface area contributed by atoms with Gasteiger partial charge in [0.05, 0.1) is 12.5 Å². The van der Waals surface area contributed by atoms with Gasteiger partial charge in [0.1, 0.15) is 6.04 Å². The molecule has 3 heterocycles. The van der Waals surface area contributed by atoms with Crippen molar-refractivity contribution in [3.63, 3.8) is 0 Å². The second-order valence-corrected chi connectivity index (χ2v) is 7.59. The zero-order valence-electron chi connectivity index (χ0n) is 10.6. The van der Waals surface area contributed by atoms with Crippen molar-refractivity contribution in [2.24, 2.45) is 5.73 Å². The molecule has 114 valence electrons. The minimum Gasteiger partial charge on any atom is -0.480 e. The maximum absolute atomic E-state index is 12.4. The molecule has 3 amide bonds. The Bertz CT molecular complexity index is 558. The highest BCUT2D eigenvalue weighted by molar-refractivity contribution is 8.19. The molecule has 11 heteroatoms. The molecule has 1 spiro atoms. The number of aliphatic carboxylic acids is 1. The highest BCUT2D eigenvalue weighted by Crippen LogP contribution is 2.52. The van der Waals surface area contributed by atoms with Gasteiger partial charge in [-0.05, 0) is 0 Å². The average Bonchev–Trinajstić information content (AvgIpc) is 2.86. The molecule has 0 aromatic rings. The molecule has 0 saturated carbocycles. The first-order valence-electron chi connectivity index (χ1n) is 6.09. The summed E-state index contributed by atoms with van der Waals surface area (Å²) < 4.78 is -1.20. The highest BCUT2D eigenvalue weighted by Gasteiger charge is 2.62. The number of rotatable bonds is 1. The predicted octanol–water partition coefficient (Wildman–Crippen LogP) is -2.34. The van der Waals surface area contributed by atoms with Crippen LogP contribution in [0.15, 0.2) is 0 Å². The van der Waals surface area contributed by atoms with Crippen molar-refractivity contribution in [2.45, 2.75) is 28.2 Å². The van der Waals surface area contributed by atoms with Gasteiger partial charge in [-0.2, -0.15) is 0 Å². The number of carbonyl (C=O) groups excluding carboxylic acids is 3. The fraction of sp³-hybridized carbons (Fsp3) is 0.600. The number of nitrogens with zero attached hydrogens (tertiary/aromatic N) is 1. The van der Waals surface area contributed by atoms with Crippen molar-refractivity contribution in [3.05, 3.63) is 0 Å². The molecule has 0 aliphatic carbocycles. The predicted molar refractivity (Wildman–Crippen MR) is 73.7 cm³/mol. The zero-order chi connectivity index (χ0) is 15.4. The molecule has 3 rings (SSSR count). The van der Waals surface area contributed by atoms with Crippen LogP contribution in [0.5, 0.6) is 0 Å². The lowest BCUT2D eigenvalue weighted by molar-refractivity contribution is -0.150. The van der Waals surface area contributed by atoms with Gasteiger partial charge in [0, 0.05) is 5.75 Å². The van der Waals surface area contributed by atoms with Crippen LogP contribution in [0.3, 0.4) is 0 Å². The Morgan fingerprint density at radius 2 is 2.14 bits per heavy atom. The normalized spacial score (nSPS) is 39.0. The summed E-state index contributed by atoms with van der Waals surface area (Å²) in [6.45, 7) is 0. The first kappa shape index (κ1) is 14.5. The van der Waals surface area contributed by atoms with Crippen molar-refractivity contribution in [2.75, 3.05) is 5.75 Å². The molecular weight excluding hydrogens is 320 g/mol. The molecule has 4 unspecified atom stereocenters. The minimum atomic E-state index is -1.20. The van der Waals surface area contributed by atoms with Gasteiger partial charge in [-0.1, -0.05) is 23.5 Å². The average molecular weight is 332 g/mol. The number of fused-ring (bicyclic) bond motifs is 1. The van der Waals surface area contributed by atoms with E-state index in [-0.39, 0.29) is 12.2 Å². The first-order valence-corrected chi connectivity index (χ1v) is 7.95. The van der Waals surface area contributed by atoms with Gasteiger partial charge >= 0.3 is 5.97 Å². The van der Waals surface area contributed by atoms with Crippen LogP contribution in [-0.4, -0.2) is 61.2 Å². The lowest BCUT2D eigenvalue weighted by Gasteiger charge is -2.31. The van der Waals surface area contributed by atoms with Crippen LogP contribution in [0.25, 0.3) is 0 Å². The van der Waals surface area contributed by atoms with E-state index in [1.807, 2.05) is 0 Å². The number of hydrogen-bond acceptors (Lipinski definition) is 7. The van der Waals surface area contributed by atoms with E-state index in [0.717, 1.165) is 28.4 Å². The molecule has 3 fully saturated rings. The van der Waals surface area contributed by atoms with Crippen LogP contribution < -0.4 is 16.4 Å². The third-order valence-electron chi connectivity index (χ3n) is 3.40. The van der Waals surface area contributed by atoms with Crippen LogP contribution in [0.2, 0.25) is 0 Å². The van der Waals surface area contributed by atoms with Crippen LogP contribution in [-0.2, 0) is 19.2 Å². The van der Waals surface area contributed by atoms with Gasteiger partial charge in [0.2, 0.25) is 16.1 Å². The number of amides is 3. The zero-order valence-corrected chi connectivity index (χ0v) is 12.2. The van der Waals surface area contributed by atoms with Crippen LogP contribution >= 0.6 is 23.5 Å². The second kappa shape index (κ2) is 4.78. The summed E-state index contributed by atoms with van der Waals surface area (Å²) in [6, 6.07) is -2.07. The Morgan fingerprint density at radius 3 is 2.81 bits per heavy atom. The number of carbonyl (C=O) groups is 4. The Kier molecular flexibility index (Phi) is 3.30. The molecule has 3 saturated heterocycles. The summed E-state index contributed by atoms with van der Waals surface area (Å²) in [5.41, 5.74) is 5.59. The maximum Gasteiger partial charge on any atom is 0.327 e. The summed E-state index contributed by atoms with van der Waals surface area (Å²) in [7, 11) is 0. The number of thioether (sulfide) groups is 2. The van der Waals surface area contributed by atoms with E-state index < -0.39 is 45.5 Å². The van der Waals surface area contributed by atoms with Gasteiger partial charge in [-0.15, -0.1) is 0 Å². The van der Waals surface area contributed by atoms with Crippen molar-refractivity contribution in [1.82, 2.24) is 15.5 Å². The molecule has 9 nitrogen and oxygen atoms in total. The molecule has 0 aromatic heterocycles. The number of nitrogens with one attached hydrogen (secondary N) is 2. The van der Waals surface area contributed by atoms with Crippen LogP contribution in [0.4, 0.5) is 0 Å². The Morgan fingerprint density at radius 1 is 1.43 bits per heavy atom. The van der Waals surface area contributed by atoms with Crippen LogP contribution in [0.1, 0.15) is 6.42 Å². The van der Waals surface area contributed by atoms with E-state index in [4.69, 9.17) is 5.73 Å². The van der Waals surface area contributed by atoms with E-state index in [0.29, 0.717) is 0 Å². The molecule has 0 radical (unpaired) electrons. The summed E-state index contributed by atoms with van der Waals surface area (Å²) in [6.07, 6.45) is -0.221. The SMILES string of the molecule is NC1CC(=O)NC23SCC(C(=O)O)N2C(=O)C(NC1=O)S3. The Hall–Kier alpha value is -1.46. The maximum atomic E-state index is 12.4. The lowest BCUT2D eigenvalue weighted by atomic mass is 10.2. The lowest BCUT2D eigenvalue weighted by Crippen LogP contribution is -2.58. The number of nitrogens with two attached hydrogens (primary N) is 1. The molecule has 2 bridgehead atoms. The van der Waals surface area contributed by atoms with Gasteiger partial charge in [0.25, 0.3) is 5.91 Å². The molecule has 5 N–H and O–H groups in total. The van der Waals surface area contributed by atoms with E-state index in [1.165, 1.54) is 0 Å². The van der Waals surface area contributed by atoms with Gasteiger partial charge in [0.15, 0.2) is 5.37 Å².